The van der Waals surface area contributed by atoms with Crippen LogP contribution in [-0.2, 0) is 11.2 Å². The summed E-state index contributed by atoms with van der Waals surface area (Å²) in [5.74, 6) is -1.56. The number of imidazole rings is 1. The second kappa shape index (κ2) is 6.51. The summed E-state index contributed by atoms with van der Waals surface area (Å²) in [5.41, 5.74) is 0.789. The van der Waals surface area contributed by atoms with Crippen molar-refractivity contribution in [2.24, 2.45) is 0 Å². The van der Waals surface area contributed by atoms with Crippen LogP contribution in [-0.4, -0.2) is 45.1 Å². The molecule has 2 rings (SSSR count). The van der Waals surface area contributed by atoms with Crippen molar-refractivity contribution in [3.05, 3.63) is 42.1 Å². The normalized spacial score (nSPS) is 11.7. The van der Waals surface area contributed by atoms with E-state index in [4.69, 9.17) is 4.74 Å². The molecule has 0 fully saturated rings. The van der Waals surface area contributed by atoms with Gasteiger partial charge in [-0.05, 0) is 12.1 Å². The maximum absolute atomic E-state index is 12.1. The molecular weight excluding hydrogens is 276 g/mol. The maximum atomic E-state index is 12.1. The molecule has 0 saturated heterocycles. The Hall–Kier alpha value is -2.90. The number of hydrogen-bond acceptors (Lipinski definition) is 5. The molecule has 0 aliphatic rings. The number of nitrogens with zero attached hydrogens (tertiary/aromatic N) is 2. The van der Waals surface area contributed by atoms with Gasteiger partial charge in [0.1, 0.15) is 11.6 Å². The molecule has 3 N–H and O–H groups in total. The molecule has 0 aromatic carbocycles. The SMILES string of the molecule is COc1ncccc1C(=O)N[C@H](Cc1cnc[nH]1)C(=O)O. The first-order valence-electron chi connectivity index (χ1n) is 6.11. The van der Waals surface area contributed by atoms with Gasteiger partial charge in [-0.3, -0.25) is 4.79 Å². The van der Waals surface area contributed by atoms with Gasteiger partial charge < -0.3 is 20.1 Å². The molecule has 0 aliphatic heterocycles. The smallest absolute Gasteiger partial charge is 0.326 e. The third kappa shape index (κ3) is 3.56. The van der Waals surface area contributed by atoms with E-state index in [2.05, 4.69) is 20.3 Å². The first kappa shape index (κ1) is 14.5. The van der Waals surface area contributed by atoms with Crippen LogP contribution in [0.5, 0.6) is 5.88 Å². The van der Waals surface area contributed by atoms with Gasteiger partial charge in [-0.2, -0.15) is 0 Å². The lowest BCUT2D eigenvalue weighted by atomic mass is 10.1. The second-order valence-electron chi connectivity index (χ2n) is 4.21. The minimum absolute atomic E-state index is 0.101. The number of hydrogen-bond donors (Lipinski definition) is 3. The highest BCUT2D eigenvalue weighted by Gasteiger charge is 2.23. The molecule has 2 aromatic heterocycles. The van der Waals surface area contributed by atoms with Gasteiger partial charge in [-0.15, -0.1) is 0 Å². The molecule has 0 spiro atoms. The van der Waals surface area contributed by atoms with Crippen molar-refractivity contribution in [1.82, 2.24) is 20.3 Å². The number of carbonyl (C=O) groups is 2. The van der Waals surface area contributed by atoms with E-state index in [9.17, 15) is 14.7 Å². The van der Waals surface area contributed by atoms with E-state index in [1.165, 1.54) is 31.9 Å². The van der Waals surface area contributed by atoms with Gasteiger partial charge >= 0.3 is 5.97 Å². The molecule has 0 aliphatic carbocycles. The van der Waals surface area contributed by atoms with Crippen molar-refractivity contribution < 1.29 is 19.4 Å². The van der Waals surface area contributed by atoms with Crippen LogP contribution in [0.4, 0.5) is 0 Å². The van der Waals surface area contributed by atoms with E-state index in [1.54, 1.807) is 6.07 Å². The number of ether oxygens (including phenoxy) is 1. The third-order valence-corrected chi connectivity index (χ3v) is 2.79. The van der Waals surface area contributed by atoms with E-state index in [1.807, 2.05) is 0 Å². The highest BCUT2D eigenvalue weighted by Crippen LogP contribution is 2.13. The average molecular weight is 290 g/mol. The molecule has 2 heterocycles. The van der Waals surface area contributed by atoms with Crippen LogP contribution in [0.15, 0.2) is 30.9 Å². The quantitative estimate of drug-likeness (QED) is 0.701. The Bertz CT molecular complexity index is 627. The molecule has 0 saturated carbocycles. The lowest BCUT2D eigenvalue weighted by Gasteiger charge is -2.14. The zero-order chi connectivity index (χ0) is 15.2. The molecule has 1 amide bonds. The van der Waals surface area contributed by atoms with Crippen LogP contribution in [0.3, 0.4) is 0 Å². The second-order valence-corrected chi connectivity index (χ2v) is 4.21. The summed E-state index contributed by atoms with van der Waals surface area (Å²) in [6.07, 6.45) is 4.53. The number of methoxy groups -OCH3 is 1. The Morgan fingerprint density at radius 3 is 2.95 bits per heavy atom. The largest absolute Gasteiger partial charge is 0.480 e. The van der Waals surface area contributed by atoms with Crippen LogP contribution in [0.1, 0.15) is 16.1 Å². The first-order chi connectivity index (χ1) is 10.1. The Labute approximate surface area is 120 Å². The number of H-pyrrole nitrogens is 1. The molecule has 0 unspecified atom stereocenters. The van der Waals surface area contributed by atoms with Crippen molar-refractivity contribution in [3.63, 3.8) is 0 Å². The summed E-state index contributed by atoms with van der Waals surface area (Å²) in [6, 6.07) is 2.00. The van der Waals surface area contributed by atoms with Crippen LogP contribution in [0.2, 0.25) is 0 Å². The van der Waals surface area contributed by atoms with Crippen molar-refractivity contribution in [3.8, 4) is 5.88 Å². The molecule has 8 heteroatoms. The molecule has 0 bridgehead atoms. The van der Waals surface area contributed by atoms with Crippen LogP contribution in [0, 0.1) is 0 Å². The van der Waals surface area contributed by atoms with Crippen molar-refractivity contribution in [2.45, 2.75) is 12.5 Å². The minimum atomic E-state index is -1.14. The Morgan fingerprint density at radius 1 is 1.52 bits per heavy atom. The number of nitrogens with one attached hydrogen (secondary N) is 2. The standard InChI is InChI=1S/C13H14N4O4/c1-21-12-9(3-2-4-15-12)11(18)17-10(13(19)20)5-8-6-14-7-16-8/h2-4,6-7,10H,5H2,1H3,(H,14,16)(H,17,18)(H,19,20)/t10-/m1/s1. The average Bonchev–Trinajstić information content (AvgIpc) is 2.99. The molecule has 110 valence electrons. The van der Waals surface area contributed by atoms with Gasteiger partial charge in [-0.1, -0.05) is 0 Å². The predicted octanol–water partition coefficient (Wildman–Crippen LogP) is 0.239. The molecular formula is C13H14N4O4. The fourth-order valence-corrected chi connectivity index (χ4v) is 1.78. The number of pyridine rings is 1. The van der Waals surface area contributed by atoms with Crippen LogP contribution >= 0.6 is 0 Å². The number of aliphatic carboxylic acids is 1. The van der Waals surface area contributed by atoms with Gasteiger partial charge in [0.05, 0.1) is 13.4 Å². The summed E-state index contributed by atoms with van der Waals surface area (Å²) >= 11 is 0. The summed E-state index contributed by atoms with van der Waals surface area (Å²) in [7, 11) is 1.39. The van der Waals surface area contributed by atoms with Crippen molar-refractivity contribution >= 4 is 11.9 Å². The number of amides is 1. The maximum Gasteiger partial charge on any atom is 0.326 e. The highest BCUT2D eigenvalue weighted by molar-refractivity contribution is 5.98. The third-order valence-electron chi connectivity index (χ3n) is 2.79. The van der Waals surface area contributed by atoms with E-state index < -0.39 is 17.9 Å². The summed E-state index contributed by atoms with van der Waals surface area (Å²) in [6.45, 7) is 0. The van der Waals surface area contributed by atoms with Gasteiger partial charge in [-0.25, -0.2) is 14.8 Å². The Morgan fingerprint density at radius 2 is 2.33 bits per heavy atom. The van der Waals surface area contributed by atoms with Gasteiger partial charge in [0.2, 0.25) is 5.88 Å². The highest BCUT2D eigenvalue weighted by atomic mass is 16.5. The lowest BCUT2D eigenvalue weighted by Crippen LogP contribution is -2.42. The number of carboxylic acids is 1. The summed E-state index contributed by atoms with van der Waals surface area (Å²) in [5, 5.41) is 11.6. The number of carboxylic acid groups (broad SMARTS) is 1. The van der Waals surface area contributed by atoms with Crippen molar-refractivity contribution in [2.75, 3.05) is 7.11 Å². The first-order valence-corrected chi connectivity index (χ1v) is 6.11. The molecule has 0 radical (unpaired) electrons. The van der Waals surface area contributed by atoms with E-state index >= 15 is 0 Å². The number of aromatic amines is 1. The van der Waals surface area contributed by atoms with Gasteiger partial charge in [0, 0.05) is 24.5 Å². The van der Waals surface area contributed by atoms with Gasteiger partial charge in [0.25, 0.3) is 5.91 Å². The zero-order valence-electron chi connectivity index (χ0n) is 11.2. The molecule has 8 nitrogen and oxygen atoms in total. The summed E-state index contributed by atoms with van der Waals surface area (Å²) in [4.78, 5) is 33.9. The fourth-order valence-electron chi connectivity index (χ4n) is 1.78. The summed E-state index contributed by atoms with van der Waals surface area (Å²) < 4.78 is 4.98. The number of rotatable bonds is 6. The molecule has 2 aromatic rings. The Balaban J connectivity index is 2.13. The Kier molecular flexibility index (Phi) is 4.50. The minimum Gasteiger partial charge on any atom is -0.480 e. The fraction of sp³-hybridized carbons (Fsp3) is 0.231. The predicted molar refractivity (Wildman–Crippen MR) is 72.0 cm³/mol. The van der Waals surface area contributed by atoms with Crippen LogP contribution < -0.4 is 10.1 Å². The van der Waals surface area contributed by atoms with E-state index in [0.717, 1.165) is 0 Å². The molecule has 21 heavy (non-hydrogen) atoms. The lowest BCUT2D eigenvalue weighted by molar-refractivity contribution is -0.139. The number of aromatic nitrogens is 3. The van der Waals surface area contributed by atoms with Crippen LogP contribution in [0.25, 0.3) is 0 Å². The topological polar surface area (TPSA) is 117 Å². The van der Waals surface area contributed by atoms with E-state index in [-0.39, 0.29) is 17.9 Å². The van der Waals surface area contributed by atoms with Crippen molar-refractivity contribution in [1.29, 1.82) is 0 Å². The number of carbonyl (C=O) groups excluding carboxylic acids is 1. The van der Waals surface area contributed by atoms with Gasteiger partial charge in [0.15, 0.2) is 0 Å². The molecule has 1 atom stereocenters. The van der Waals surface area contributed by atoms with E-state index in [0.29, 0.717) is 5.69 Å². The monoisotopic (exact) mass is 290 g/mol. The zero-order valence-corrected chi connectivity index (χ0v) is 11.2.